The monoisotopic (exact) mass is 221 g/mol. The van der Waals surface area contributed by atoms with E-state index in [2.05, 4.69) is 14.9 Å². The van der Waals surface area contributed by atoms with Gasteiger partial charge in [0.1, 0.15) is 0 Å². The van der Waals surface area contributed by atoms with Gasteiger partial charge in [0.25, 0.3) is 0 Å². The van der Waals surface area contributed by atoms with Gasteiger partial charge in [0, 0.05) is 5.54 Å². The van der Waals surface area contributed by atoms with Gasteiger partial charge >= 0.3 is 5.97 Å². The van der Waals surface area contributed by atoms with Crippen molar-refractivity contribution in [2.45, 2.75) is 31.2 Å². The van der Waals surface area contributed by atoms with Gasteiger partial charge in [0.15, 0.2) is 0 Å². The first-order chi connectivity index (χ1) is 7.63. The van der Waals surface area contributed by atoms with Crippen LogP contribution in [-0.2, 0) is 11.2 Å². The molecule has 0 atom stereocenters. The Morgan fingerprint density at radius 3 is 3.00 bits per heavy atom. The zero-order valence-electron chi connectivity index (χ0n) is 9.27. The molecule has 2 N–H and O–H groups in total. The highest BCUT2D eigenvalue weighted by Gasteiger charge is 2.37. The molecule has 0 bridgehead atoms. The van der Waals surface area contributed by atoms with Crippen molar-refractivity contribution in [2.24, 2.45) is 5.73 Å². The minimum absolute atomic E-state index is 0.00293. The molecule has 1 aromatic rings. The van der Waals surface area contributed by atoms with E-state index in [1.165, 1.54) is 13.3 Å². The second-order valence-corrected chi connectivity index (χ2v) is 4.29. The van der Waals surface area contributed by atoms with E-state index in [0.717, 1.165) is 31.4 Å². The molecule has 0 aromatic carbocycles. The summed E-state index contributed by atoms with van der Waals surface area (Å²) in [5.41, 5.74) is 7.21. The van der Waals surface area contributed by atoms with Crippen molar-refractivity contribution >= 4 is 5.97 Å². The number of esters is 1. The van der Waals surface area contributed by atoms with Crippen molar-refractivity contribution in [3.05, 3.63) is 23.5 Å². The Hall–Kier alpha value is -1.49. The normalized spacial score (nSPS) is 16.9. The SMILES string of the molecule is COC(=O)c1cnnc(CCC2(N)CC2)c1. The Labute approximate surface area is 94.0 Å². The lowest BCUT2D eigenvalue weighted by molar-refractivity contribution is 0.0600. The Bertz CT molecular complexity index is 402. The fourth-order valence-corrected chi connectivity index (χ4v) is 1.55. The molecule has 0 radical (unpaired) electrons. The summed E-state index contributed by atoms with van der Waals surface area (Å²) in [5, 5.41) is 7.76. The quantitative estimate of drug-likeness (QED) is 0.757. The van der Waals surface area contributed by atoms with Crippen LogP contribution >= 0.6 is 0 Å². The molecule has 1 fully saturated rings. The molecular formula is C11H15N3O2. The Balaban J connectivity index is 2.01. The molecule has 0 saturated heterocycles. The number of ether oxygens (including phenoxy) is 1. The van der Waals surface area contributed by atoms with Gasteiger partial charge in [-0.2, -0.15) is 10.2 Å². The van der Waals surface area contributed by atoms with Crippen LogP contribution in [0.2, 0.25) is 0 Å². The lowest BCUT2D eigenvalue weighted by Crippen LogP contribution is -2.22. The molecule has 0 unspecified atom stereocenters. The third-order valence-corrected chi connectivity index (χ3v) is 2.90. The lowest BCUT2D eigenvalue weighted by Gasteiger charge is -2.07. The fraction of sp³-hybridized carbons (Fsp3) is 0.545. The topological polar surface area (TPSA) is 78.1 Å². The van der Waals surface area contributed by atoms with Crippen LogP contribution in [-0.4, -0.2) is 28.8 Å². The molecule has 5 heteroatoms. The van der Waals surface area contributed by atoms with Crippen LogP contribution in [0, 0.1) is 0 Å². The highest BCUT2D eigenvalue weighted by Crippen LogP contribution is 2.36. The maximum absolute atomic E-state index is 11.3. The first-order valence-electron chi connectivity index (χ1n) is 5.32. The zero-order chi connectivity index (χ0) is 11.6. The smallest absolute Gasteiger partial charge is 0.339 e. The number of carbonyl (C=O) groups is 1. The molecule has 16 heavy (non-hydrogen) atoms. The maximum atomic E-state index is 11.3. The van der Waals surface area contributed by atoms with Crippen LogP contribution < -0.4 is 5.73 Å². The lowest BCUT2D eigenvalue weighted by atomic mass is 10.1. The number of aryl methyl sites for hydroxylation is 1. The van der Waals surface area contributed by atoms with Crippen LogP contribution in [0.4, 0.5) is 0 Å². The molecule has 1 aliphatic carbocycles. The van der Waals surface area contributed by atoms with Gasteiger partial charge in [-0.1, -0.05) is 0 Å². The van der Waals surface area contributed by atoms with Crippen LogP contribution in [0.1, 0.15) is 35.3 Å². The van der Waals surface area contributed by atoms with E-state index in [-0.39, 0.29) is 11.5 Å². The summed E-state index contributed by atoms with van der Waals surface area (Å²) in [6.45, 7) is 0. The summed E-state index contributed by atoms with van der Waals surface area (Å²) in [4.78, 5) is 11.3. The summed E-state index contributed by atoms with van der Waals surface area (Å²) in [6.07, 6.45) is 5.22. The number of nitrogens with zero attached hydrogens (tertiary/aromatic N) is 2. The molecular weight excluding hydrogens is 206 g/mol. The molecule has 2 rings (SSSR count). The molecule has 0 aliphatic heterocycles. The van der Waals surface area contributed by atoms with Gasteiger partial charge in [-0.05, 0) is 31.7 Å². The van der Waals surface area contributed by atoms with Gasteiger partial charge in [-0.15, -0.1) is 0 Å². The van der Waals surface area contributed by atoms with Gasteiger partial charge in [-0.3, -0.25) is 0 Å². The Morgan fingerprint density at radius 2 is 2.38 bits per heavy atom. The summed E-state index contributed by atoms with van der Waals surface area (Å²) in [7, 11) is 1.35. The molecule has 1 aromatic heterocycles. The summed E-state index contributed by atoms with van der Waals surface area (Å²) < 4.78 is 4.62. The highest BCUT2D eigenvalue weighted by molar-refractivity contribution is 5.88. The zero-order valence-corrected chi connectivity index (χ0v) is 9.27. The Morgan fingerprint density at radius 1 is 1.62 bits per heavy atom. The number of hydrogen-bond acceptors (Lipinski definition) is 5. The van der Waals surface area contributed by atoms with E-state index < -0.39 is 0 Å². The number of nitrogens with two attached hydrogens (primary N) is 1. The minimum Gasteiger partial charge on any atom is -0.465 e. The van der Waals surface area contributed by atoms with E-state index in [1.807, 2.05) is 0 Å². The average molecular weight is 221 g/mol. The van der Waals surface area contributed by atoms with Crippen molar-refractivity contribution in [3.8, 4) is 0 Å². The standard InChI is InChI=1S/C11H15N3O2/c1-16-10(15)8-6-9(14-13-7-8)2-3-11(12)4-5-11/h6-7H,2-5,12H2,1H3. The molecule has 0 amide bonds. The largest absolute Gasteiger partial charge is 0.465 e. The number of hydrogen-bond donors (Lipinski definition) is 1. The second kappa shape index (κ2) is 4.17. The minimum atomic E-state index is -0.384. The van der Waals surface area contributed by atoms with E-state index in [0.29, 0.717) is 5.56 Å². The summed E-state index contributed by atoms with van der Waals surface area (Å²) in [5.74, 6) is -0.384. The highest BCUT2D eigenvalue weighted by atomic mass is 16.5. The van der Waals surface area contributed by atoms with Crippen molar-refractivity contribution in [3.63, 3.8) is 0 Å². The van der Waals surface area contributed by atoms with Crippen molar-refractivity contribution in [1.82, 2.24) is 10.2 Å². The first-order valence-corrected chi connectivity index (χ1v) is 5.32. The van der Waals surface area contributed by atoms with E-state index in [9.17, 15) is 4.79 Å². The van der Waals surface area contributed by atoms with Crippen LogP contribution in [0.15, 0.2) is 12.3 Å². The predicted octanol–water partition coefficient (Wildman–Crippen LogP) is 0.687. The molecule has 1 heterocycles. The Kier molecular flexibility index (Phi) is 2.87. The molecule has 86 valence electrons. The van der Waals surface area contributed by atoms with Crippen molar-refractivity contribution < 1.29 is 9.53 Å². The number of methoxy groups -OCH3 is 1. The van der Waals surface area contributed by atoms with Gasteiger partial charge in [-0.25, -0.2) is 4.79 Å². The van der Waals surface area contributed by atoms with Gasteiger partial charge < -0.3 is 10.5 Å². The van der Waals surface area contributed by atoms with E-state index >= 15 is 0 Å². The third kappa shape index (κ3) is 2.55. The van der Waals surface area contributed by atoms with Crippen LogP contribution in [0.5, 0.6) is 0 Å². The van der Waals surface area contributed by atoms with Crippen LogP contribution in [0.25, 0.3) is 0 Å². The third-order valence-electron chi connectivity index (χ3n) is 2.90. The summed E-state index contributed by atoms with van der Waals surface area (Å²) >= 11 is 0. The van der Waals surface area contributed by atoms with E-state index in [4.69, 9.17) is 5.73 Å². The second-order valence-electron chi connectivity index (χ2n) is 4.29. The van der Waals surface area contributed by atoms with E-state index in [1.54, 1.807) is 6.07 Å². The van der Waals surface area contributed by atoms with Gasteiger partial charge in [0.05, 0.1) is 24.6 Å². The fourth-order valence-electron chi connectivity index (χ4n) is 1.55. The molecule has 0 spiro atoms. The van der Waals surface area contributed by atoms with Gasteiger partial charge in [0.2, 0.25) is 0 Å². The number of rotatable bonds is 4. The molecule has 5 nitrogen and oxygen atoms in total. The van der Waals surface area contributed by atoms with Crippen molar-refractivity contribution in [2.75, 3.05) is 7.11 Å². The molecule has 1 aliphatic rings. The maximum Gasteiger partial charge on any atom is 0.339 e. The average Bonchev–Trinajstić information content (AvgIpc) is 3.05. The summed E-state index contributed by atoms with van der Waals surface area (Å²) in [6, 6.07) is 1.71. The van der Waals surface area contributed by atoms with Crippen LogP contribution in [0.3, 0.4) is 0 Å². The molecule has 1 saturated carbocycles. The number of aromatic nitrogens is 2. The van der Waals surface area contributed by atoms with Crippen molar-refractivity contribution in [1.29, 1.82) is 0 Å². The predicted molar refractivity (Wildman–Crippen MR) is 57.8 cm³/mol. The first kappa shape index (κ1) is 11.0. The number of carbonyl (C=O) groups excluding carboxylic acids is 1.